The van der Waals surface area contributed by atoms with Gasteiger partial charge >= 0.3 is 0 Å². The van der Waals surface area contributed by atoms with Crippen LogP contribution in [0.1, 0.15) is 12.5 Å². The molecule has 0 N–H and O–H groups in total. The Labute approximate surface area is 126 Å². The monoisotopic (exact) mass is 286 g/mol. The standard InChI is InChI=1S/C17H22N2O2/c1-17-12-19(8-9-21-3)10-13(11-20)16(17)18(2)15-7-5-4-6-14(15)17/h4-7,11H,8-10,12H2,1-3H3. The van der Waals surface area contributed by atoms with E-state index in [0.29, 0.717) is 13.2 Å². The summed E-state index contributed by atoms with van der Waals surface area (Å²) in [5, 5.41) is 0. The summed E-state index contributed by atoms with van der Waals surface area (Å²) in [4.78, 5) is 16.1. The lowest BCUT2D eigenvalue weighted by Gasteiger charge is -2.40. The Morgan fingerprint density at radius 1 is 1.38 bits per heavy atom. The number of likely N-dealkylation sites (N-methyl/N-ethyl adjacent to an activating group) is 1. The summed E-state index contributed by atoms with van der Waals surface area (Å²) in [6, 6.07) is 8.45. The Morgan fingerprint density at radius 3 is 2.86 bits per heavy atom. The molecule has 1 aromatic rings. The lowest BCUT2D eigenvalue weighted by Crippen LogP contribution is -2.48. The molecular formula is C17H22N2O2. The van der Waals surface area contributed by atoms with Crippen LogP contribution in [0.15, 0.2) is 35.5 Å². The van der Waals surface area contributed by atoms with Gasteiger partial charge in [-0.15, -0.1) is 0 Å². The van der Waals surface area contributed by atoms with Crippen LogP contribution in [0.25, 0.3) is 0 Å². The number of methoxy groups -OCH3 is 1. The van der Waals surface area contributed by atoms with Crippen molar-refractivity contribution in [3.05, 3.63) is 41.1 Å². The molecule has 4 nitrogen and oxygen atoms in total. The van der Waals surface area contributed by atoms with E-state index in [1.807, 2.05) is 0 Å². The summed E-state index contributed by atoms with van der Waals surface area (Å²) in [6.45, 7) is 5.41. The zero-order valence-corrected chi connectivity index (χ0v) is 12.9. The van der Waals surface area contributed by atoms with Gasteiger partial charge in [-0.05, 0) is 18.6 Å². The molecule has 0 saturated heterocycles. The number of nitrogens with zero attached hydrogens (tertiary/aromatic N) is 2. The van der Waals surface area contributed by atoms with Gasteiger partial charge in [0.2, 0.25) is 0 Å². The summed E-state index contributed by atoms with van der Waals surface area (Å²) in [6.07, 6.45) is 1.02. The number of carbonyl (C=O) groups excluding carboxylic acids is 1. The number of carbonyl (C=O) groups is 1. The normalized spacial score (nSPS) is 25.0. The summed E-state index contributed by atoms with van der Waals surface area (Å²) < 4.78 is 5.19. The molecule has 4 heteroatoms. The van der Waals surface area contributed by atoms with Crippen LogP contribution in [0.5, 0.6) is 0 Å². The van der Waals surface area contributed by atoms with Crippen molar-refractivity contribution in [3.8, 4) is 0 Å². The summed E-state index contributed by atoms with van der Waals surface area (Å²) in [5.74, 6) is 0. The highest BCUT2D eigenvalue weighted by molar-refractivity contribution is 5.83. The maximum Gasteiger partial charge on any atom is 0.149 e. The number of ether oxygens (including phenoxy) is 1. The molecule has 0 fully saturated rings. The highest BCUT2D eigenvalue weighted by Crippen LogP contribution is 2.50. The van der Waals surface area contributed by atoms with E-state index in [1.54, 1.807) is 7.11 Å². The third-order valence-electron chi connectivity index (χ3n) is 4.71. The van der Waals surface area contributed by atoms with Crippen molar-refractivity contribution in [2.45, 2.75) is 12.3 Å². The van der Waals surface area contributed by atoms with Gasteiger partial charge in [-0.2, -0.15) is 0 Å². The van der Waals surface area contributed by atoms with E-state index in [2.05, 4.69) is 48.0 Å². The predicted molar refractivity (Wildman–Crippen MR) is 83.6 cm³/mol. The van der Waals surface area contributed by atoms with E-state index >= 15 is 0 Å². The highest BCUT2D eigenvalue weighted by atomic mass is 16.5. The molecule has 0 saturated carbocycles. The number of aldehydes is 1. The van der Waals surface area contributed by atoms with Gasteiger partial charge in [0, 0.05) is 56.2 Å². The molecule has 0 aliphatic carbocycles. The van der Waals surface area contributed by atoms with Gasteiger partial charge in [0.05, 0.1) is 6.61 Å². The van der Waals surface area contributed by atoms with Crippen LogP contribution in [-0.4, -0.2) is 51.6 Å². The maximum absolute atomic E-state index is 11.6. The number of hydrogen-bond acceptors (Lipinski definition) is 4. The fraction of sp³-hybridized carbons (Fsp3) is 0.471. The van der Waals surface area contributed by atoms with Gasteiger partial charge in [-0.3, -0.25) is 9.69 Å². The van der Waals surface area contributed by atoms with E-state index in [1.165, 1.54) is 11.3 Å². The first-order valence-corrected chi connectivity index (χ1v) is 7.35. The van der Waals surface area contributed by atoms with Crippen molar-refractivity contribution < 1.29 is 9.53 Å². The Morgan fingerprint density at radius 2 is 2.14 bits per heavy atom. The minimum atomic E-state index is -0.117. The van der Waals surface area contributed by atoms with Gasteiger partial charge in [0.25, 0.3) is 0 Å². The van der Waals surface area contributed by atoms with Crippen LogP contribution in [0.2, 0.25) is 0 Å². The molecule has 0 amide bonds. The van der Waals surface area contributed by atoms with E-state index in [0.717, 1.165) is 30.6 Å². The number of para-hydroxylation sites is 1. The molecule has 3 rings (SSSR count). The number of benzene rings is 1. The number of fused-ring (bicyclic) bond motifs is 3. The highest BCUT2D eigenvalue weighted by Gasteiger charge is 2.47. The van der Waals surface area contributed by atoms with Gasteiger partial charge in [0.1, 0.15) is 6.29 Å². The lowest BCUT2D eigenvalue weighted by molar-refractivity contribution is -0.105. The lowest BCUT2D eigenvalue weighted by atomic mass is 9.77. The Bertz CT molecular complexity index is 596. The molecule has 1 unspecified atom stereocenters. The van der Waals surface area contributed by atoms with Crippen LogP contribution in [0.4, 0.5) is 5.69 Å². The van der Waals surface area contributed by atoms with Crippen LogP contribution < -0.4 is 4.90 Å². The largest absolute Gasteiger partial charge is 0.383 e. The molecular weight excluding hydrogens is 264 g/mol. The molecule has 112 valence electrons. The first-order chi connectivity index (χ1) is 10.1. The fourth-order valence-corrected chi connectivity index (χ4v) is 3.87. The van der Waals surface area contributed by atoms with Gasteiger partial charge < -0.3 is 9.64 Å². The van der Waals surface area contributed by atoms with Crippen molar-refractivity contribution in [1.82, 2.24) is 4.90 Å². The molecule has 1 atom stereocenters. The molecule has 2 aliphatic rings. The number of hydrogen-bond donors (Lipinski definition) is 0. The van der Waals surface area contributed by atoms with E-state index in [9.17, 15) is 4.79 Å². The second kappa shape index (κ2) is 5.28. The molecule has 2 aliphatic heterocycles. The quantitative estimate of drug-likeness (QED) is 0.790. The predicted octanol–water partition coefficient (Wildman–Crippen LogP) is 1.81. The van der Waals surface area contributed by atoms with Gasteiger partial charge in [0.15, 0.2) is 0 Å². The second-order valence-electron chi connectivity index (χ2n) is 6.10. The molecule has 0 bridgehead atoms. The smallest absolute Gasteiger partial charge is 0.149 e. The van der Waals surface area contributed by atoms with Crippen molar-refractivity contribution in [3.63, 3.8) is 0 Å². The molecule has 0 radical (unpaired) electrons. The Hall–Kier alpha value is -1.65. The summed E-state index contributed by atoms with van der Waals surface area (Å²) >= 11 is 0. The summed E-state index contributed by atoms with van der Waals surface area (Å²) in [5.41, 5.74) is 4.45. The van der Waals surface area contributed by atoms with Crippen molar-refractivity contribution in [1.29, 1.82) is 0 Å². The minimum absolute atomic E-state index is 0.117. The van der Waals surface area contributed by atoms with Crippen LogP contribution >= 0.6 is 0 Å². The average molecular weight is 286 g/mol. The average Bonchev–Trinajstić information content (AvgIpc) is 2.73. The molecule has 21 heavy (non-hydrogen) atoms. The van der Waals surface area contributed by atoms with Gasteiger partial charge in [-0.1, -0.05) is 18.2 Å². The third-order valence-corrected chi connectivity index (χ3v) is 4.71. The van der Waals surface area contributed by atoms with E-state index < -0.39 is 0 Å². The van der Waals surface area contributed by atoms with Crippen molar-refractivity contribution >= 4 is 12.0 Å². The minimum Gasteiger partial charge on any atom is -0.383 e. The third kappa shape index (κ3) is 2.10. The zero-order chi connectivity index (χ0) is 15.0. The summed E-state index contributed by atoms with van der Waals surface area (Å²) in [7, 11) is 3.78. The maximum atomic E-state index is 11.6. The Balaban J connectivity index is 2.07. The van der Waals surface area contributed by atoms with Crippen molar-refractivity contribution in [2.75, 3.05) is 45.3 Å². The van der Waals surface area contributed by atoms with E-state index in [4.69, 9.17) is 4.74 Å². The number of anilines is 1. The Kier molecular flexibility index (Phi) is 3.59. The zero-order valence-electron chi connectivity index (χ0n) is 12.9. The van der Waals surface area contributed by atoms with Crippen LogP contribution in [0.3, 0.4) is 0 Å². The van der Waals surface area contributed by atoms with Gasteiger partial charge in [-0.25, -0.2) is 0 Å². The van der Waals surface area contributed by atoms with E-state index in [-0.39, 0.29) is 5.41 Å². The molecule has 0 spiro atoms. The van der Waals surface area contributed by atoms with Crippen LogP contribution in [0, 0.1) is 0 Å². The molecule has 2 heterocycles. The SMILES string of the molecule is COCCN1CC(C=O)=C2N(C)c3ccccc3C2(C)C1. The molecule has 0 aromatic heterocycles. The van der Waals surface area contributed by atoms with Crippen LogP contribution in [-0.2, 0) is 14.9 Å². The van der Waals surface area contributed by atoms with Crippen molar-refractivity contribution in [2.24, 2.45) is 0 Å². The second-order valence-corrected chi connectivity index (χ2v) is 6.10. The molecule has 1 aromatic carbocycles. The first kappa shape index (κ1) is 14.3. The fourth-order valence-electron chi connectivity index (χ4n) is 3.87. The topological polar surface area (TPSA) is 32.8 Å². The first-order valence-electron chi connectivity index (χ1n) is 7.35. The number of rotatable bonds is 4.